The fourth-order valence-electron chi connectivity index (χ4n) is 2.65. The molecule has 0 aromatic heterocycles. The molecule has 4 heteroatoms. The standard InChI is InChI=1S/C15H20BrN3/c1-2-8-19(13-4-3-7-18-11-13)15-6-5-12(10-17)9-14(15)16/h5-6,9,13,18H,2-4,7-8,11H2,1H3. The molecule has 1 N–H and O–H groups in total. The summed E-state index contributed by atoms with van der Waals surface area (Å²) in [5.41, 5.74) is 1.91. The Morgan fingerprint density at radius 3 is 2.95 bits per heavy atom. The molecule has 0 bridgehead atoms. The third kappa shape index (κ3) is 3.49. The molecule has 2 rings (SSSR count). The topological polar surface area (TPSA) is 39.1 Å². The summed E-state index contributed by atoms with van der Waals surface area (Å²) in [6.45, 7) is 5.44. The van der Waals surface area contributed by atoms with Crippen LogP contribution in [0.2, 0.25) is 0 Å². The molecule has 1 atom stereocenters. The van der Waals surface area contributed by atoms with E-state index in [0.29, 0.717) is 11.6 Å². The molecular weight excluding hydrogens is 302 g/mol. The van der Waals surface area contributed by atoms with Crippen LogP contribution in [0.4, 0.5) is 5.69 Å². The van der Waals surface area contributed by atoms with E-state index in [4.69, 9.17) is 5.26 Å². The molecule has 0 radical (unpaired) electrons. The van der Waals surface area contributed by atoms with Gasteiger partial charge in [-0.05, 0) is 59.9 Å². The van der Waals surface area contributed by atoms with Crippen molar-refractivity contribution < 1.29 is 0 Å². The van der Waals surface area contributed by atoms with E-state index in [-0.39, 0.29) is 0 Å². The van der Waals surface area contributed by atoms with Crippen molar-refractivity contribution in [2.75, 3.05) is 24.5 Å². The van der Waals surface area contributed by atoms with E-state index in [1.807, 2.05) is 12.1 Å². The maximum atomic E-state index is 8.95. The van der Waals surface area contributed by atoms with Crippen molar-refractivity contribution in [1.29, 1.82) is 5.26 Å². The number of benzene rings is 1. The van der Waals surface area contributed by atoms with E-state index in [0.717, 1.165) is 30.5 Å². The Morgan fingerprint density at radius 2 is 2.37 bits per heavy atom. The number of anilines is 1. The Morgan fingerprint density at radius 1 is 1.53 bits per heavy atom. The van der Waals surface area contributed by atoms with Crippen molar-refractivity contribution >= 4 is 21.6 Å². The van der Waals surface area contributed by atoms with Gasteiger partial charge in [0.2, 0.25) is 0 Å². The number of hydrogen-bond donors (Lipinski definition) is 1. The number of halogens is 1. The molecule has 3 nitrogen and oxygen atoms in total. The van der Waals surface area contributed by atoms with Crippen molar-refractivity contribution in [1.82, 2.24) is 5.32 Å². The van der Waals surface area contributed by atoms with Crippen LogP contribution in [0.1, 0.15) is 31.7 Å². The van der Waals surface area contributed by atoms with Crippen molar-refractivity contribution in [3.8, 4) is 6.07 Å². The lowest BCUT2D eigenvalue weighted by atomic mass is 10.0. The van der Waals surface area contributed by atoms with Crippen molar-refractivity contribution in [2.24, 2.45) is 0 Å². The van der Waals surface area contributed by atoms with Crippen molar-refractivity contribution in [2.45, 2.75) is 32.2 Å². The van der Waals surface area contributed by atoms with E-state index < -0.39 is 0 Å². The van der Waals surface area contributed by atoms with Crippen molar-refractivity contribution in [3.05, 3.63) is 28.2 Å². The first kappa shape index (κ1) is 14.4. The van der Waals surface area contributed by atoms with Crippen molar-refractivity contribution in [3.63, 3.8) is 0 Å². The lowest BCUT2D eigenvalue weighted by Crippen LogP contribution is -2.46. The van der Waals surface area contributed by atoms with Gasteiger partial charge in [-0.15, -0.1) is 0 Å². The molecule has 0 spiro atoms. The fraction of sp³-hybridized carbons (Fsp3) is 0.533. The molecule has 0 aliphatic carbocycles. The highest BCUT2D eigenvalue weighted by atomic mass is 79.9. The molecule has 1 saturated heterocycles. The Bertz CT molecular complexity index is 461. The first-order chi connectivity index (χ1) is 9.26. The first-order valence-electron chi connectivity index (χ1n) is 6.93. The monoisotopic (exact) mass is 321 g/mol. The van der Waals surface area contributed by atoms with E-state index in [1.165, 1.54) is 18.5 Å². The summed E-state index contributed by atoms with van der Waals surface area (Å²) in [5, 5.41) is 12.4. The maximum Gasteiger partial charge on any atom is 0.0992 e. The Balaban J connectivity index is 2.25. The Labute approximate surface area is 123 Å². The molecule has 1 aliphatic rings. The minimum atomic E-state index is 0.554. The van der Waals surface area contributed by atoms with Crippen LogP contribution in [0.15, 0.2) is 22.7 Å². The number of rotatable bonds is 4. The third-order valence-electron chi connectivity index (χ3n) is 3.56. The highest BCUT2D eigenvalue weighted by molar-refractivity contribution is 9.10. The minimum absolute atomic E-state index is 0.554. The predicted octanol–water partition coefficient (Wildman–Crippen LogP) is 3.29. The van der Waals surface area contributed by atoms with Gasteiger partial charge in [-0.1, -0.05) is 6.92 Å². The highest BCUT2D eigenvalue weighted by Gasteiger charge is 2.22. The van der Waals surface area contributed by atoms with E-state index in [2.05, 4.69) is 45.2 Å². The van der Waals surface area contributed by atoms with Gasteiger partial charge in [-0.2, -0.15) is 5.26 Å². The van der Waals surface area contributed by atoms with Crippen LogP contribution in [0.3, 0.4) is 0 Å². The smallest absolute Gasteiger partial charge is 0.0992 e. The van der Waals surface area contributed by atoms with Crippen LogP contribution in [-0.4, -0.2) is 25.7 Å². The average molecular weight is 322 g/mol. The van der Waals surface area contributed by atoms with E-state index in [9.17, 15) is 0 Å². The summed E-state index contributed by atoms with van der Waals surface area (Å²) in [5.74, 6) is 0. The maximum absolute atomic E-state index is 8.95. The van der Waals surface area contributed by atoms with Gasteiger partial charge < -0.3 is 10.2 Å². The van der Waals surface area contributed by atoms with Crippen LogP contribution in [0.5, 0.6) is 0 Å². The molecule has 1 aromatic rings. The second-order valence-electron chi connectivity index (χ2n) is 4.97. The van der Waals surface area contributed by atoms with Gasteiger partial charge in [0, 0.05) is 23.6 Å². The molecule has 1 fully saturated rings. The molecule has 0 saturated carbocycles. The zero-order valence-corrected chi connectivity index (χ0v) is 12.9. The number of nitrogens with zero attached hydrogens (tertiary/aromatic N) is 2. The fourth-order valence-corrected chi connectivity index (χ4v) is 3.26. The lowest BCUT2D eigenvalue weighted by molar-refractivity contribution is 0.430. The first-order valence-corrected chi connectivity index (χ1v) is 7.72. The molecule has 1 aromatic carbocycles. The third-order valence-corrected chi connectivity index (χ3v) is 4.20. The van der Waals surface area contributed by atoms with Crippen LogP contribution in [0.25, 0.3) is 0 Å². The summed E-state index contributed by atoms with van der Waals surface area (Å²) >= 11 is 3.61. The van der Waals surface area contributed by atoms with E-state index >= 15 is 0 Å². The van der Waals surface area contributed by atoms with Gasteiger partial charge in [0.1, 0.15) is 0 Å². The molecule has 0 amide bonds. The van der Waals surface area contributed by atoms with Crippen LogP contribution in [0, 0.1) is 11.3 Å². The molecular formula is C15H20BrN3. The molecule has 1 unspecified atom stereocenters. The molecule has 1 heterocycles. The minimum Gasteiger partial charge on any atom is -0.366 e. The zero-order valence-electron chi connectivity index (χ0n) is 11.3. The lowest BCUT2D eigenvalue weighted by Gasteiger charge is -2.37. The molecule has 102 valence electrons. The van der Waals surface area contributed by atoms with Gasteiger partial charge in [-0.3, -0.25) is 0 Å². The van der Waals surface area contributed by atoms with Gasteiger partial charge in [0.25, 0.3) is 0 Å². The summed E-state index contributed by atoms with van der Waals surface area (Å²) < 4.78 is 1.02. The SMILES string of the molecule is CCCN(c1ccc(C#N)cc1Br)C1CCCNC1. The molecule has 19 heavy (non-hydrogen) atoms. The summed E-state index contributed by atoms with van der Waals surface area (Å²) in [6.07, 6.45) is 3.60. The Hall–Kier alpha value is -1.05. The van der Waals surface area contributed by atoms with Gasteiger partial charge in [0.15, 0.2) is 0 Å². The summed E-state index contributed by atoms with van der Waals surface area (Å²) in [6, 6.07) is 8.61. The van der Waals surface area contributed by atoms with Gasteiger partial charge in [-0.25, -0.2) is 0 Å². The van der Waals surface area contributed by atoms with Crippen LogP contribution >= 0.6 is 15.9 Å². The Kier molecular flexibility index (Phi) is 5.24. The highest BCUT2D eigenvalue weighted by Crippen LogP contribution is 2.30. The van der Waals surface area contributed by atoms with Gasteiger partial charge in [0.05, 0.1) is 17.3 Å². The van der Waals surface area contributed by atoms with Crippen LogP contribution < -0.4 is 10.2 Å². The van der Waals surface area contributed by atoms with E-state index in [1.54, 1.807) is 0 Å². The van der Waals surface area contributed by atoms with Gasteiger partial charge >= 0.3 is 0 Å². The second-order valence-corrected chi connectivity index (χ2v) is 5.83. The molecule has 1 aliphatic heterocycles. The van der Waals surface area contributed by atoms with Crippen LogP contribution in [-0.2, 0) is 0 Å². The second kappa shape index (κ2) is 6.93. The normalized spacial score (nSPS) is 18.9. The number of nitrogens with one attached hydrogen (secondary N) is 1. The number of piperidine rings is 1. The largest absolute Gasteiger partial charge is 0.366 e. The quantitative estimate of drug-likeness (QED) is 0.924. The summed E-state index contributed by atoms with van der Waals surface area (Å²) in [4.78, 5) is 2.47. The predicted molar refractivity (Wildman–Crippen MR) is 82.4 cm³/mol. The number of nitriles is 1. The average Bonchev–Trinajstić information content (AvgIpc) is 2.46. The summed E-state index contributed by atoms with van der Waals surface area (Å²) in [7, 11) is 0. The zero-order chi connectivity index (χ0) is 13.7. The number of hydrogen-bond acceptors (Lipinski definition) is 3.